The topological polar surface area (TPSA) is 52.9 Å². The zero-order valence-electron chi connectivity index (χ0n) is 12.9. The molecule has 2 aromatic carbocycles. The Morgan fingerprint density at radius 2 is 1.77 bits per heavy atom. The molecule has 2 aromatic rings. The average Bonchev–Trinajstić information content (AvgIpc) is 2.93. The quantitative estimate of drug-likeness (QED) is 0.814. The Labute approximate surface area is 156 Å². The molecule has 0 unspecified atom stereocenters. The number of carbonyl (C=O) groups excluding carboxylic acids is 1. The monoisotopic (exact) mass is 402 g/mol. The highest BCUT2D eigenvalue weighted by molar-refractivity contribution is 6.35. The lowest BCUT2D eigenvalue weighted by molar-refractivity contribution is -0.123. The molecule has 1 amide bonds. The van der Waals surface area contributed by atoms with Crippen molar-refractivity contribution in [3.8, 4) is 0 Å². The maximum absolute atomic E-state index is 13.4. The van der Waals surface area contributed by atoms with E-state index in [0.29, 0.717) is 5.01 Å². The van der Waals surface area contributed by atoms with Crippen LogP contribution in [0, 0.1) is 5.92 Å². The molecule has 0 bridgehead atoms. The van der Waals surface area contributed by atoms with Gasteiger partial charge >= 0.3 is 6.18 Å². The molecule has 1 heterocycles. The first-order valence-electron chi connectivity index (χ1n) is 7.38. The van der Waals surface area contributed by atoms with Crippen LogP contribution in [-0.4, -0.2) is 22.9 Å². The summed E-state index contributed by atoms with van der Waals surface area (Å²) in [6.45, 7) is 0. The summed E-state index contributed by atoms with van der Waals surface area (Å²) in [5.74, 6) is -2.93. The van der Waals surface area contributed by atoms with E-state index >= 15 is 0 Å². The Morgan fingerprint density at radius 3 is 2.35 bits per heavy atom. The van der Waals surface area contributed by atoms with Gasteiger partial charge in [-0.25, -0.2) is 0 Å². The fourth-order valence-electron chi connectivity index (χ4n) is 2.66. The summed E-state index contributed by atoms with van der Waals surface area (Å²) < 4.78 is 40.3. The highest BCUT2D eigenvalue weighted by atomic mass is 35.5. The number of carbonyl (C=O) groups is 1. The Kier molecular flexibility index (Phi) is 4.96. The third kappa shape index (κ3) is 3.42. The summed E-state index contributed by atoms with van der Waals surface area (Å²) in [6, 6.07) is 11.6. The molecule has 1 N–H and O–H groups in total. The van der Waals surface area contributed by atoms with E-state index in [-0.39, 0.29) is 21.3 Å². The maximum Gasteiger partial charge on any atom is 0.432 e. The van der Waals surface area contributed by atoms with Gasteiger partial charge in [0.25, 0.3) is 5.91 Å². The first kappa shape index (κ1) is 18.7. The highest BCUT2D eigenvalue weighted by Gasteiger charge is 2.53. The van der Waals surface area contributed by atoms with Gasteiger partial charge in [-0.3, -0.25) is 4.79 Å². The van der Waals surface area contributed by atoms with Crippen molar-refractivity contribution >= 4 is 40.5 Å². The van der Waals surface area contributed by atoms with E-state index in [1.54, 1.807) is 18.2 Å². The van der Waals surface area contributed by atoms with Gasteiger partial charge in [0.1, 0.15) is 5.92 Å². The lowest BCUT2D eigenvalue weighted by atomic mass is 9.91. The van der Waals surface area contributed by atoms with Crippen molar-refractivity contribution in [3.63, 3.8) is 0 Å². The number of hydrogen-bond donors (Lipinski definition) is 1. The van der Waals surface area contributed by atoms with Crippen LogP contribution in [-0.2, 0) is 4.79 Å². The predicted molar refractivity (Wildman–Crippen MR) is 92.3 cm³/mol. The molecular weight excluding hydrogens is 392 g/mol. The van der Waals surface area contributed by atoms with Crippen LogP contribution < -0.4 is 5.01 Å². The molecule has 136 valence electrons. The van der Waals surface area contributed by atoms with Crippen molar-refractivity contribution in [1.29, 1.82) is 0 Å². The van der Waals surface area contributed by atoms with Gasteiger partial charge in [0.15, 0.2) is 5.71 Å². The lowest BCUT2D eigenvalue weighted by Crippen LogP contribution is -2.37. The third-order valence-corrected chi connectivity index (χ3v) is 4.43. The SMILES string of the molecule is O=C1[C@@H]([C@H](O)c2ccc(Cl)cc2Cl)C(C(F)(F)F)=NN1c1ccccc1. The second kappa shape index (κ2) is 6.90. The first-order valence-corrected chi connectivity index (χ1v) is 8.13. The minimum absolute atomic E-state index is 0.0405. The van der Waals surface area contributed by atoms with Crippen molar-refractivity contribution in [2.24, 2.45) is 11.0 Å². The molecule has 1 aliphatic rings. The standard InChI is InChI=1S/C17H11Cl2F3N2O2/c18-9-6-7-11(12(19)8-9)14(25)13-15(17(20,21)22)23-24(16(13)26)10-4-2-1-3-5-10/h1-8,13-14,25H/t13-,14+/m0/s1. The van der Waals surface area contributed by atoms with E-state index < -0.39 is 29.8 Å². The number of aliphatic hydroxyl groups excluding tert-OH is 1. The van der Waals surface area contributed by atoms with Crippen LogP contribution in [0.25, 0.3) is 0 Å². The molecule has 26 heavy (non-hydrogen) atoms. The first-order chi connectivity index (χ1) is 12.2. The van der Waals surface area contributed by atoms with Crippen molar-refractivity contribution in [1.82, 2.24) is 0 Å². The van der Waals surface area contributed by atoms with E-state index in [0.717, 1.165) is 0 Å². The molecule has 9 heteroatoms. The van der Waals surface area contributed by atoms with Gasteiger partial charge in [-0.1, -0.05) is 47.5 Å². The van der Waals surface area contributed by atoms with Gasteiger partial charge in [-0.05, 0) is 24.3 Å². The molecule has 1 aliphatic heterocycles. The second-order valence-electron chi connectivity index (χ2n) is 5.56. The number of benzene rings is 2. The molecular formula is C17H11Cl2F3N2O2. The Balaban J connectivity index is 2.04. The number of halogens is 5. The third-order valence-electron chi connectivity index (χ3n) is 3.87. The summed E-state index contributed by atoms with van der Waals surface area (Å²) in [4.78, 5) is 12.6. The molecule has 4 nitrogen and oxygen atoms in total. The van der Waals surface area contributed by atoms with E-state index in [9.17, 15) is 23.1 Å². The second-order valence-corrected chi connectivity index (χ2v) is 6.40. The molecule has 0 saturated heterocycles. The highest BCUT2D eigenvalue weighted by Crippen LogP contribution is 2.40. The van der Waals surface area contributed by atoms with E-state index in [1.807, 2.05) is 0 Å². The fourth-order valence-corrected chi connectivity index (χ4v) is 3.18. The van der Waals surface area contributed by atoms with Gasteiger partial charge in [0.05, 0.1) is 11.8 Å². The van der Waals surface area contributed by atoms with Crippen LogP contribution in [0.15, 0.2) is 53.6 Å². The molecule has 0 aliphatic carbocycles. The van der Waals surface area contributed by atoms with Crippen molar-refractivity contribution < 1.29 is 23.1 Å². The molecule has 0 radical (unpaired) electrons. The summed E-state index contributed by atoms with van der Waals surface area (Å²) >= 11 is 11.7. The number of amides is 1. The minimum Gasteiger partial charge on any atom is -0.387 e. The summed E-state index contributed by atoms with van der Waals surface area (Å²) in [5, 5.41) is 14.8. The molecule has 3 rings (SSSR count). The van der Waals surface area contributed by atoms with Crippen molar-refractivity contribution in [3.05, 3.63) is 64.1 Å². The van der Waals surface area contributed by atoms with Gasteiger partial charge < -0.3 is 5.11 Å². The van der Waals surface area contributed by atoms with Gasteiger partial charge in [0, 0.05) is 15.6 Å². The molecule has 0 fully saturated rings. The van der Waals surface area contributed by atoms with E-state index in [2.05, 4.69) is 5.10 Å². The van der Waals surface area contributed by atoms with Gasteiger partial charge in [-0.15, -0.1) is 0 Å². The number of para-hydroxylation sites is 1. The fraction of sp³-hybridized carbons (Fsp3) is 0.176. The van der Waals surface area contributed by atoms with Crippen LogP contribution in [0.2, 0.25) is 10.0 Å². The Morgan fingerprint density at radius 1 is 1.12 bits per heavy atom. The van der Waals surface area contributed by atoms with Crippen LogP contribution in [0.4, 0.5) is 18.9 Å². The summed E-state index contributed by atoms with van der Waals surface area (Å²) in [7, 11) is 0. The van der Waals surface area contributed by atoms with Gasteiger partial charge in [0.2, 0.25) is 0 Å². The predicted octanol–water partition coefficient (Wildman–Crippen LogP) is 4.61. The van der Waals surface area contributed by atoms with Crippen molar-refractivity contribution in [2.45, 2.75) is 12.3 Å². The average molecular weight is 403 g/mol. The maximum atomic E-state index is 13.4. The zero-order chi connectivity index (χ0) is 19.1. The summed E-state index contributed by atoms with van der Waals surface area (Å²) in [6.07, 6.45) is -6.73. The minimum atomic E-state index is -4.90. The number of rotatable bonds is 3. The zero-order valence-corrected chi connectivity index (χ0v) is 14.4. The van der Waals surface area contributed by atoms with Crippen LogP contribution >= 0.6 is 23.2 Å². The largest absolute Gasteiger partial charge is 0.432 e. The van der Waals surface area contributed by atoms with E-state index in [1.165, 1.54) is 30.3 Å². The normalized spacial score (nSPS) is 18.8. The summed E-state index contributed by atoms with van der Waals surface area (Å²) in [5.41, 5.74) is -1.26. The van der Waals surface area contributed by atoms with Crippen LogP contribution in [0.1, 0.15) is 11.7 Å². The smallest absolute Gasteiger partial charge is 0.387 e. The lowest BCUT2D eigenvalue weighted by Gasteiger charge is -2.21. The van der Waals surface area contributed by atoms with Crippen LogP contribution in [0.3, 0.4) is 0 Å². The number of hydrogen-bond acceptors (Lipinski definition) is 3. The van der Waals surface area contributed by atoms with Crippen molar-refractivity contribution in [2.75, 3.05) is 5.01 Å². The molecule has 2 atom stereocenters. The number of nitrogens with zero attached hydrogens (tertiary/aromatic N) is 2. The number of anilines is 1. The molecule has 0 aromatic heterocycles. The Hall–Kier alpha value is -2.09. The molecule has 0 spiro atoms. The van der Waals surface area contributed by atoms with Gasteiger partial charge in [-0.2, -0.15) is 23.3 Å². The Bertz CT molecular complexity index is 872. The number of alkyl halides is 3. The number of aliphatic hydroxyl groups is 1. The number of hydrazone groups is 1. The molecule has 0 saturated carbocycles. The van der Waals surface area contributed by atoms with Crippen LogP contribution in [0.5, 0.6) is 0 Å². The van der Waals surface area contributed by atoms with E-state index in [4.69, 9.17) is 23.2 Å².